The van der Waals surface area contributed by atoms with Crippen molar-refractivity contribution in [1.82, 2.24) is 0 Å². The van der Waals surface area contributed by atoms with Crippen LogP contribution < -0.4 is 0 Å². The highest BCUT2D eigenvalue weighted by Crippen LogP contribution is 2.32. The minimum Gasteiger partial charge on any atom is -0.511 e. The molecule has 1 fully saturated rings. The van der Waals surface area contributed by atoms with Gasteiger partial charge in [-0.15, -0.1) is 0 Å². The summed E-state index contributed by atoms with van der Waals surface area (Å²) in [4.78, 5) is 24.9. The smallest absolute Gasteiger partial charge is 0.346 e. The number of cyclic esters (lactones) is 1. The van der Waals surface area contributed by atoms with E-state index in [0.29, 0.717) is 19.3 Å². The van der Waals surface area contributed by atoms with E-state index in [2.05, 4.69) is 0 Å². The third-order valence-electron chi connectivity index (χ3n) is 4.73. The summed E-state index contributed by atoms with van der Waals surface area (Å²) in [5.41, 5.74) is 1.75. The number of ketones is 1. The van der Waals surface area contributed by atoms with Crippen molar-refractivity contribution >= 4 is 11.8 Å². The van der Waals surface area contributed by atoms with Crippen molar-refractivity contribution in [3.05, 3.63) is 83.1 Å². The number of hydrogen-bond donors (Lipinski definition) is 1. The van der Waals surface area contributed by atoms with Gasteiger partial charge in [0, 0.05) is 5.92 Å². The molecule has 1 heterocycles. The molecule has 0 unspecified atom stereocenters. The van der Waals surface area contributed by atoms with E-state index in [1.54, 1.807) is 0 Å². The molecule has 2 atom stereocenters. The number of allylic oxidation sites excluding steroid dienone is 1. The molecule has 1 saturated heterocycles. The van der Waals surface area contributed by atoms with Crippen LogP contribution in [0.2, 0.25) is 0 Å². The lowest BCUT2D eigenvalue weighted by Gasteiger charge is -2.15. The maximum atomic E-state index is 12.7. The molecule has 1 N–H and O–H groups in total. The Balaban J connectivity index is 1.79. The molecule has 2 aromatic carbocycles. The molecule has 0 aromatic heterocycles. The fourth-order valence-corrected chi connectivity index (χ4v) is 3.31. The van der Waals surface area contributed by atoms with Crippen molar-refractivity contribution in [3.63, 3.8) is 0 Å². The number of Topliss-reactive ketones (excluding diaryl/α,β-unsaturated/α-hetero) is 1. The molecule has 134 valence electrons. The number of aryl methyl sites for hydroxylation is 1. The lowest BCUT2D eigenvalue weighted by Crippen LogP contribution is -2.18. The molecule has 0 spiro atoms. The van der Waals surface area contributed by atoms with Gasteiger partial charge in [-0.3, -0.25) is 4.79 Å². The van der Waals surface area contributed by atoms with Crippen LogP contribution in [0, 0.1) is 0 Å². The minimum absolute atomic E-state index is 0.184. The summed E-state index contributed by atoms with van der Waals surface area (Å²) in [5.74, 6) is -1.72. The second-order valence-electron chi connectivity index (χ2n) is 6.41. The number of esters is 1. The Kier molecular flexibility index (Phi) is 5.52. The number of hydrogen-bond acceptors (Lipinski definition) is 4. The number of benzene rings is 2. The predicted molar refractivity (Wildman–Crippen MR) is 98.8 cm³/mol. The third-order valence-corrected chi connectivity index (χ3v) is 4.73. The maximum absolute atomic E-state index is 12.7. The lowest BCUT2D eigenvalue weighted by molar-refractivity contribution is -0.141. The first-order chi connectivity index (χ1) is 12.6. The highest BCUT2D eigenvalue weighted by Gasteiger charge is 2.41. The van der Waals surface area contributed by atoms with Gasteiger partial charge < -0.3 is 9.84 Å². The van der Waals surface area contributed by atoms with Crippen molar-refractivity contribution in [2.45, 2.75) is 38.2 Å². The molecule has 1 aliphatic heterocycles. The number of ether oxygens (including phenoxy) is 1. The second-order valence-corrected chi connectivity index (χ2v) is 6.41. The summed E-state index contributed by atoms with van der Waals surface area (Å²) in [5, 5.41) is 10.7. The van der Waals surface area contributed by atoms with Gasteiger partial charge in [0.25, 0.3) is 0 Å². The zero-order valence-corrected chi connectivity index (χ0v) is 14.7. The topological polar surface area (TPSA) is 63.6 Å². The van der Waals surface area contributed by atoms with Crippen molar-refractivity contribution in [2.75, 3.05) is 0 Å². The molecule has 3 rings (SSSR count). The molecule has 1 aliphatic rings. The van der Waals surface area contributed by atoms with Gasteiger partial charge in [-0.1, -0.05) is 67.6 Å². The van der Waals surface area contributed by atoms with Crippen molar-refractivity contribution in [1.29, 1.82) is 0 Å². The van der Waals surface area contributed by atoms with Crippen LogP contribution in [0.5, 0.6) is 0 Å². The largest absolute Gasteiger partial charge is 0.511 e. The van der Waals surface area contributed by atoms with Gasteiger partial charge in [0.2, 0.25) is 5.78 Å². The molecule has 0 aliphatic carbocycles. The first-order valence-corrected chi connectivity index (χ1v) is 8.89. The van der Waals surface area contributed by atoms with Gasteiger partial charge in [-0.2, -0.15) is 0 Å². The molecule has 4 nitrogen and oxygen atoms in total. The van der Waals surface area contributed by atoms with Crippen LogP contribution in [0.1, 0.15) is 36.8 Å². The van der Waals surface area contributed by atoms with Crippen molar-refractivity contribution < 1.29 is 19.4 Å². The molecular weight excluding hydrogens is 328 g/mol. The van der Waals surface area contributed by atoms with Crippen LogP contribution in [0.15, 0.2) is 72.0 Å². The fraction of sp³-hybridized carbons (Fsp3) is 0.273. The molecule has 0 amide bonds. The van der Waals surface area contributed by atoms with E-state index in [1.807, 2.05) is 67.6 Å². The van der Waals surface area contributed by atoms with E-state index in [9.17, 15) is 14.7 Å². The Morgan fingerprint density at radius 2 is 1.65 bits per heavy atom. The zero-order valence-electron chi connectivity index (χ0n) is 14.7. The average Bonchev–Trinajstić information content (AvgIpc) is 2.95. The molecule has 0 bridgehead atoms. The average molecular weight is 350 g/mol. The highest BCUT2D eigenvalue weighted by molar-refractivity contribution is 6.23. The van der Waals surface area contributed by atoms with E-state index >= 15 is 0 Å². The van der Waals surface area contributed by atoms with E-state index in [4.69, 9.17) is 4.74 Å². The summed E-state index contributed by atoms with van der Waals surface area (Å²) >= 11 is 0. The fourth-order valence-electron chi connectivity index (χ4n) is 3.31. The normalized spacial score (nSPS) is 20.0. The van der Waals surface area contributed by atoms with Gasteiger partial charge in [0.15, 0.2) is 6.10 Å². The van der Waals surface area contributed by atoms with Crippen LogP contribution in [0.3, 0.4) is 0 Å². The number of carbonyl (C=O) groups is 2. The molecule has 2 aromatic rings. The summed E-state index contributed by atoms with van der Waals surface area (Å²) in [7, 11) is 0. The molecule has 26 heavy (non-hydrogen) atoms. The number of aliphatic hydroxyl groups excluding tert-OH is 1. The van der Waals surface area contributed by atoms with Gasteiger partial charge in [-0.05, 0) is 30.4 Å². The van der Waals surface area contributed by atoms with Crippen LogP contribution in [0.4, 0.5) is 0 Å². The summed E-state index contributed by atoms with van der Waals surface area (Å²) < 4.78 is 5.25. The lowest BCUT2D eigenvalue weighted by atomic mass is 9.90. The number of rotatable bonds is 6. The van der Waals surface area contributed by atoms with Gasteiger partial charge in [0.05, 0.1) is 0 Å². The SMILES string of the molecule is CC[C@@H](C(O)=C1C(=O)O[C@@H](CCc2ccccc2)C1=O)c1ccccc1. The van der Waals surface area contributed by atoms with E-state index in [1.165, 1.54) is 0 Å². The Labute approximate surface area is 153 Å². The molecule has 4 heteroatoms. The maximum Gasteiger partial charge on any atom is 0.346 e. The Bertz CT molecular complexity index is 809. The van der Waals surface area contributed by atoms with E-state index in [-0.39, 0.29) is 11.3 Å². The molecule has 0 radical (unpaired) electrons. The third kappa shape index (κ3) is 3.69. The van der Waals surface area contributed by atoms with Crippen LogP contribution in [-0.2, 0) is 20.7 Å². The van der Waals surface area contributed by atoms with Gasteiger partial charge in [-0.25, -0.2) is 4.79 Å². The van der Waals surface area contributed by atoms with Gasteiger partial charge >= 0.3 is 5.97 Å². The van der Waals surface area contributed by atoms with Crippen LogP contribution >= 0.6 is 0 Å². The van der Waals surface area contributed by atoms with Crippen LogP contribution in [-0.4, -0.2) is 23.0 Å². The highest BCUT2D eigenvalue weighted by atomic mass is 16.6. The van der Waals surface area contributed by atoms with Crippen molar-refractivity contribution in [3.8, 4) is 0 Å². The zero-order chi connectivity index (χ0) is 18.5. The first-order valence-electron chi connectivity index (χ1n) is 8.89. The van der Waals surface area contributed by atoms with Gasteiger partial charge in [0.1, 0.15) is 11.3 Å². The summed E-state index contributed by atoms with van der Waals surface area (Å²) in [6.45, 7) is 1.91. The Morgan fingerprint density at radius 3 is 2.27 bits per heavy atom. The summed E-state index contributed by atoms with van der Waals surface area (Å²) in [6, 6.07) is 19.1. The minimum atomic E-state index is -0.826. The number of aliphatic hydroxyl groups is 1. The monoisotopic (exact) mass is 350 g/mol. The Hall–Kier alpha value is -2.88. The van der Waals surface area contributed by atoms with E-state index < -0.39 is 23.8 Å². The summed E-state index contributed by atoms with van der Waals surface area (Å²) in [6.07, 6.45) is 0.796. The van der Waals surface area contributed by atoms with E-state index in [0.717, 1.165) is 11.1 Å². The molecule has 0 saturated carbocycles. The second kappa shape index (κ2) is 8.00. The molecular formula is C22H22O4. The van der Waals surface area contributed by atoms with Crippen LogP contribution in [0.25, 0.3) is 0 Å². The Morgan fingerprint density at radius 1 is 1.04 bits per heavy atom. The standard InChI is InChI=1S/C22H22O4/c1-2-17(16-11-7-4-8-12-16)20(23)19-21(24)18(26-22(19)25)14-13-15-9-5-3-6-10-15/h3-12,17-18,23H,2,13-14H2,1H3/t17-,18+/m1/s1. The predicted octanol–water partition coefficient (Wildman–Crippen LogP) is 4.12. The number of carbonyl (C=O) groups excluding carboxylic acids is 2. The quantitative estimate of drug-likeness (QED) is 0.368. The van der Waals surface area contributed by atoms with Crippen molar-refractivity contribution in [2.24, 2.45) is 0 Å². The first kappa shape index (κ1) is 17.9.